The van der Waals surface area contributed by atoms with Gasteiger partial charge in [0.2, 0.25) is 0 Å². The Bertz CT molecular complexity index is 674. The number of hydrogen-bond acceptors (Lipinski definition) is 5. The van der Waals surface area contributed by atoms with Gasteiger partial charge in [0.15, 0.2) is 4.96 Å². The molecule has 8 heteroatoms. The van der Waals surface area contributed by atoms with E-state index < -0.39 is 0 Å². The predicted octanol–water partition coefficient (Wildman–Crippen LogP) is 3.51. The van der Waals surface area contributed by atoms with Crippen LogP contribution in [0.4, 0.5) is 0 Å². The van der Waals surface area contributed by atoms with Gasteiger partial charge in [-0.15, -0.1) is 22.7 Å². The van der Waals surface area contributed by atoms with E-state index in [-0.39, 0.29) is 6.04 Å². The smallest absolute Gasteiger partial charge is 0.193 e. The summed E-state index contributed by atoms with van der Waals surface area (Å²) in [6.45, 7) is 0. The van der Waals surface area contributed by atoms with E-state index in [1.54, 1.807) is 11.3 Å². The molecule has 19 heavy (non-hydrogen) atoms. The standard InChI is InChI=1S/C11H10Cl2N4S2/c12-9-4-7(10(13)19-9)8(16-14)3-6-5-17-1-2-18-11(17)15-6/h1-2,4-5,8,16H,3,14H2. The van der Waals surface area contributed by atoms with Gasteiger partial charge >= 0.3 is 0 Å². The third-order valence-corrected chi connectivity index (χ3v) is 5.10. The lowest BCUT2D eigenvalue weighted by Crippen LogP contribution is -2.29. The van der Waals surface area contributed by atoms with Gasteiger partial charge < -0.3 is 0 Å². The first-order valence-corrected chi connectivity index (χ1v) is 7.94. The molecule has 3 aromatic heterocycles. The summed E-state index contributed by atoms with van der Waals surface area (Å²) in [6, 6.07) is 1.75. The SMILES string of the molecule is NNC(Cc1cn2ccsc2n1)c1cc(Cl)sc1Cl. The molecule has 0 aliphatic heterocycles. The van der Waals surface area contributed by atoms with Gasteiger partial charge in [0.1, 0.15) is 0 Å². The van der Waals surface area contributed by atoms with Crippen LogP contribution in [0.5, 0.6) is 0 Å². The van der Waals surface area contributed by atoms with E-state index in [0.29, 0.717) is 15.1 Å². The number of nitrogens with one attached hydrogen (secondary N) is 1. The van der Waals surface area contributed by atoms with Gasteiger partial charge in [-0.3, -0.25) is 15.7 Å². The fraction of sp³-hybridized carbons (Fsp3) is 0.182. The number of hydrogen-bond donors (Lipinski definition) is 2. The van der Waals surface area contributed by atoms with Crippen LogP contribution in [0.2, 0.25) is 8.67 Å². The van der Waals surface area contributed by atoms with Crippen molar-refractivity contribution in [1.29, 1.82) is 0 Å². The number of rotatable bonds is 4. The predicted molar refractivity (Wildman–Crippen MR) is 81.2 cm³/mol. The summed E-state index contributed by atoms with van der Waals surface area (Å²) >= 11 is 15.1. The molecule has 100 valence electrons. The molecule has 0 bridgehead atoms. The highest BCUT2D eigenvalue weighted by Gasteiger charge is 2.18. The Morgan fingerprint density at radius 1 is 1.47 bits per heavy atom. The van der Waals surface area contributed by atoms with E-state index in [1.165, 1.54) is 11.3 Å². The highest BCUT2D eigenvalue weighted by molar-refractivity contribution is 7.20. The van der Waals surface area contributed by atoms with Crippen LogP contribution in [0.1, 0.15) is 17.3 Å². The van der Waals surface area contributed by atoms with Crippen molar-refractivity contribution >= 4 is 50.8 Å². The average Bonchev–Trinajstić information content (AvgIpc) is 3.00. The molecule has 0 aliphatic rings. The summed E-state index contributed by atoms with van der Waals surface area (Å²) in [5.74, 6) is 5.62. The number of halogens is 2. The maximum atomic E-state index is 6.16. The van der Waals surface area contributed by atoms with Gasteiger partial charge in [-0.05, 0) is 6.07 Å². The van der Waals surface area contributed by atoms with Crippen LogP contribution in [0.15, 0.2) is 23.8 Å². The van der Waals surface area contributed by atoms with Crippen molar-refractivity contribution < 1.29 is 0 Å². The quantitative estimate of drug-likeness (QED) is 0.567. The van der Waals surface area contributed by atoms with Crippen molar-refractivity contribution in [1.82, 2.24) is 14.8 Å². The molecule has 0 radical (unpaired) electrons. The van der Waals surface area contributed by atoms with Crippen LogP contribution >= 0.6 is 45.9 Å². The van der Waals surface area contributed by atoms with E-state index in [9.17, 15) is 0 Å². The number of imidazole rings is 1. The molecule has 0 saturated heterocycles. The Hall–Kier alpha value is -0.630. The molecule has 4 nitrogen and oxygen atoms in total. The molecule has 3 rings (SSSR count). The molecule has 3 N–H and O–H groups in total. The zero-order valence-electron chi connectivity index (χ0n) is 9.64. The Balaban J connectivity index is 1.87. The van der Waals surface area contributed by atoms with Crippen LogP contribution in [-0.4, -0.2) is 9.38 Å². The second-order valence-corrected chi connectivity index (χ2v) is 7.19. The molecular formula is C11H10Cl2N4S2. The maximum absolute atomic E-state index is 6.16. The van der Waals surface area contributed by atoms with E-state index in [0.717, 1.165) is 16.2 Å². The lowest BCUT2D eigenvalue weighted by Gasteiger charge is -2.13. The minimum absolute atomic E-state index is 0.0964. The summed E-state index contributed by atoms with van der Waals surface area (Å²) in [5, 5.41) is 2.00. The highest BCUT2D eigenvalue weighted by atomic mass is 35.5. The molecule has 0 aliphatic carbocycles. The maximum Gasteiger partial charge on any atom is 0.193 e. The molecule has 0 saturated carbocycles. The molecule has 1 unspecified atom stereocenters. The lowest BCUT2D eigenvalue weighted by molar-refractivity contribution is 0.549. The van der Waals surface area contributed by atoms with Crippen LogP contribution in [0, 0.1) is 0 Å². The first-order valence-electron chi connectivity index (χ1n) is 5.49. The summed E-state index contributed by atoms with van der Waals surface area (Å²) in [4.78, 5) is 5.51. The highest BCUT2D eigenvalue weighted by Crippen LogP contribution is 2.35. The Morgan fingerprint density at radius 3 is 2.95 bits per heavy atom. The van der Waals surface area contributed by atoms with Gasteiger partial charge in [0.05, 0.1) is 20.4 Å². The van der Waals surface area contributed by atoms with Crippen LogP contribution in [0.25, 0.3) is 4.96 Å². The fourth-order valence-corrected chi connectivity index (χ4v) is 4.23. The topological polar surface area (TPSA) is 55.3 Å². The lowest BCUT2D eigenvalue weighted by atomic mass is 10.1. The van der Waals surface area contributed by atoms with Gasteiger partial charge in [0, 0.05) is 29.8 Å². The summed E-state index contributed by atoms with van der Waals surface area (Å²) < 4.78 is 3.32. The number of fused-ring (bicyclic) bond motifs is 1. The van der Waals surface area contributed by atoms with Crippen molar-refractivity contribution in [2.45, 2.75) is 12.5 Å². The number of hydrazine groups is 1. The number of thiophene rings is 1. The first-order chi connectivity index (χ1) is 9.17. The number of thiazole rings is 1. The molecule has 0 spiro atoms. The van der Waals surface area contributed by atoms with E-state index in [2.05, 4.69) is 10.4 Å². The number of nitrogens with zero attached hydrogens (tertiary/aromatic N) is 2. The van der Waals surface area contributed by atoms with Crippen molar-refractivity contribution in [3.05, 3.63) is 43.8 Å². The summed E-state index contributed by atoms with van der Waals surface area (Å²) in [6.07, 6.45) is 4.64. The largest absolute Gasteiger partial charge is 0.297 e. The number of aromatic nitrogens is 2. The second-order valence-electron chi connectivity index (χ2n) is 4.03. The fourth-order valence-electron chi connectivity index (χ4n) is 1.93. The zero-order chi connectivity index (χ0) is 13.4. The van der Waals surface area contributed by atoms with E-state index >= 15 is 0 Å². The normalized spacial score (nSPS) is 13.2. The van der Waals surface area contributed by atoms with Crippen molar-refractivity contribution in [3.8, 4) is 0 Å². The minimum Gasteiger partial charge on any atom is -0.297 e. The molecule has 3 aromatic rings. The van der Waals surface area contributed by atoms with Gasteiger partial charge in [-0.2, -0.15) is 0 Å². The molecule has 0 amide bonds. The van der Waals surface area contributed by atoms with Crippen LogP contribution in [0.3, 0.4) is 0 Å². The Morgan fingerprint density at radius 2 is 2.32 bits per heavy atom. The van der Waals surface area contributed by atoms with Crippen molar-refractivity contribution in [2.24, 2.45) is 5.84 Å². The Labute approximate surface area is 127 Å². The van der Waals surface area contributed by atoms with Gasteiger partial charge in [-0.1, -0.05) is 23.2 Å². The van der Waals surface area contributed by atoms with Crippen molar-refractivity contribution in [2.75, 3.05) is 0 Å². The summed E-state index contributed by atoms with van der Waals surface area (Å²) in [5.41, 5.74) is 4.65. The van der Waals surface area contributed by atoms with Crippen LogP contribution < -0.4 is 11.3 Å². The molecule has 0 fully saturated rings. The summed E-state index contributed by atoms with van der Waals surface area (Å²) in [7, 11) is 0. The zero-order valence-corrected chi connectivity index (χ0v) is 12.8. The first kappa shape index (κ1) is 13.4. The van der Waals surface area contributed by atoms with Gasteiger partial charge in [-0.25, -0.2) is 4.98 Å². The third-order valence-electron chi connectivity index (χ3n) is 2.82. The minimum atomic E-state index is -0.0964. The second kappa shape index (κ2) is 5.40. The molecule has 3 heterocycles. The third kappa shape index (κ3) is 2.65. The monoisotopic (exact) mass is 332 g/mol. The van der Waals surface area contributed by atoms with E-state index in [1.807, 2.05) is 28.2 Å². The Kier molecular flexibility index (Phi) is 3.79. The molecule has 1 atom stereocenters. The van der Waals surface area contributed by atoms with Gasteiger partial charge in [0.25, 0.3) is 0 Å². The molecular weight excluding hydrogens is 323 g/mol. The molecule has 0 aromatic carbocycles. The van der Waals surface area contributed by atoms with Crippen LogP contribution in [-0.2, 0) is 6.42 Å². The average molecular weight is 333 g/mol. The van der Waals surface area contributed by atoms with Crippen molar-refractivity contribution in [3.63, 3.8) is 0 Å². The van der Waals surface area contributed by atoms with E-state index in [4.69, 9.17) is 29.0 Å². The number of nitrogens with two attached hydrogens (primary N) is 1.